The molecular weight excluding hydrogens is 351 g/mol. The van der Waals surface area contributed by atoms with Crippen molar-refractivity contribution in [2.24, 2.45) is 0 Å². The number of halogens is 2. The first-order chi connectivity index (χ1) is 11.0. The third kappa shape index (κ3) is 3.83. The normalized spacial score (nSPS) is 12.2. The first-order valence-electron chi connectivity index (χ1n) is 7.06. The maximum atomic E-state index is 6.15. The first kappa shape index (κ1) is 16.2. The van der Waals surface area contributed by atoms with Crippen molar-refractivity contribution in [1.82, 2.24) is 9.36 Å². The highest BCUT2D eigenvalue weighted by molar-refractivity contribution is 7.07. The van der Waals surface area contributed by atoms with Crippen LogP contribution in [0.15, 0.2) is 42.5 Å². The predicted molar refractivity (Wildman–Crippen MR) is 95.1 cm³/mol. The highest BCUT2D eigenvalue weighted by Crippen LogP contribution is 2.33. The van der Waals surface area contributed by atoms with E-state index in [1.807, 2.05) is 49.4 Å². The Labute approximate surface area is 149 Å². The summed E-state index contributed by atoms with van der Waals surface area (Å²) in [5.41, 5.74) is 2.18. The van der Waals surface area contributed by atoms with Crippen molar-refractivity contribution < 1.29 is 4.74 Å². The maximum absolute atomic E-state index is 6.15. The molecule has 1 aromatic heterocycles. The van der Waals surface area contributed by atoms with Crippen molar-refractivity contribution >= 4 is 34.7 Å². The molecule has 3 nitrogen and oxygen atoms in total. The molecule has 0 radical (unpaired) electrons. The lowest BCUT2D eigenvalue weighted by Crippen LogP contribution is -1.98. The van der Waals surface area contributed by atoms with Crippen LogP contribution >= 0.6 is 34.7 Å². The van der Waals surface area contributed by atoms with E-state index in [1.165, 1.54) is 11.5 Å². The molecule has 0 fully saturated rings. The fourth-order valence-electron chi connectivity index (χ4n) is 2.12. The standard InChI is InChI=1S/C17H14Cl2N2OS/c1-10-3-8-14(19)15(9-10)22-17-20-16(21-23-17)11(2)12-4-6-13(18)7-5-12/h3-9,11H,1-2H3. The van der Waals surface area contributed by atoms with Gasteiger partial charge >= 0.3 is 0 Å². The SMILES string of the molecule is Cc1ccc(Cl)c(Oc2nc(C(C)c3ccc(Cl)cc3)ns2)c1. The van der Waals surface area contributed by atoms with E-state index >= 15 is 0 Å². The van der Waals surface area contributed by atoms with Crippen molar-refractivity contribution in [2.75, 3.05) is 0 Å². The van der Waals surface area contributed by atoms with E-state index in [4.69, 9.17) is 27.9 Å². The van der Waals surface area contributed by atoms with Gasteiger partial charge in [0, 0.05) is 22.5 Å². The Morgan fingerprint density at radius 1 is 1.09 bits per heavy atom. The number of rotatable bonds is 4. The van der Waals surface area contributed by atoms with Gasteiger partial charge in [0.25, 0.3) is 5.19 Å². The molecule has 23 heavy (non-hydrogen) atoms. The van der Waals surface area contributed by atoms with Gasteiger partial charge in [-0.1, -0.05) is 48.3 Å². The molecule has 0 aliphatic carbocycles. The van der Waals surface area contributed by atoms with E-state index in [9.17, 15) is 0 Å². The molecule has 0 saturated carbocycles. The molecule has 0 saturated heterocycles. The summed E-state index contributed by atoms with van der Waals surface area (Å²) in [6.45, 7) is 4.03. The molecule has 0 N–H and O–H groups in total. The number of benzene rings is 2. The number of hydrogen-bond donors (Lipinski definition) is 0. The minimum Gasteiger partial charge on any atom is -0.428 e. The second kappa shape index (κ2) is 6.87. The second-order valence-electron chi connectivity index (χ2n) is 5.23. The average Bonchev–Trinajstić information content (AvgIpc) is 2.99. The van der Waals surface area contributed by atoms with Crippen LogP contribution in [0.1, 0.15) is 29.8 Å². The second-order valence-corrected chi connectivity index (χ2v) is 6.79. The number of ether oxygens (including phenoxy) is 1. The number of aryl methyl sites for hydroxylation is 1. The number of hydrogen-bond acceptors (Lipinski definition) is 4. The van der Waals surface area contributed by atoms with Crippen LogP contribution in [0.25, 0.3) is 0 Å². The van der Waals surface area contributed by atoms with Crippen molar-refractivity contribution in [2.45, 2.75) is 19.8 Å². The van der Waals surface area contributed by atoms with Gasteiger partial charge in [-0.05, 0) is 42.3 Å². The Bertz CT molecular complexity index is 818. The molecule has 1 atom stereocenters. The quantitative estimate of drug-likeness (QED) is 0.561. The summed E-state index contributed by atoms with van der Waals surface area (Å²) in [7, 11) is 0. The molecule has 6 heteroatoms. The van der Waals surface area contributed by atoms with Crippen molar-refractivity contribution in [3.8, 4) is 10.9 Å². The van der Waals surface area contributed by atoms with Crippen LogP contribution in [0.2, 0.25) is 10.0 Å². The first-order valence-corrected chi connectivity index (χ1v) is 8.59. The van der Waals surface area contributed by atoms with Crippen LogP contribution in [-0.2, 0) is 0 Å². The zero-order valence-electron chi connectivity index (χ0n) is 12.6. The Balaban J connectivity index is 1.80. The van der Waals surface area contributed by atoms with Crippen LogP contribution in [0.5, 0.6) is 10.9 Å². The van der Waals surface area contributed by atoms with Gasteiger partial charge in [-0.3, -0.25) is 0 Å². The number of nitrogens with zero attached hydrogens (tertiary/aromatic N) is 2. The van der Waals surface area contributed by atoms with Gasteiger partial charge in [0.05, 0.1) is 5.02 Å². The molecule has 118 valence electrons. The Morgan fingerprint density at radius 2 is 1.83 bits per heavy atom. The Kier molecular flexibility index (Phi) is 4.85. The Morgan fingerprint density at radius 3 is 2.57 bits per heavy atom. The molecule has 1 heterocycles. The fraction of sp³-hybridized carbons (Fsp3) is 0.176. The highest BCUT2D eigenvalue weighted by Gasteiger charge is 2.16. The molecule has 3 aromatic rings. The van der Waals surface area contributed by atoms with Gasteiger partial charge in [0.1, 0.15) is 5.75 Å². The van der Waals surface area contributed by atoms with E-state index in [2.05, 4.69) is 16.3 Å². The molecule has 3 rings (SSSR count). The third-order valence-electron chi connectivity index (χ3n) is 3.46. The highest BCUT2D eigenvalue weighted by atomic mass is 35.5. The summed E-state index contributed by atoms with van der Waals surface area (Å²) >= 11 is 13.3. The lowest BCUT2D eigenvalue weighted by atomic mass is 10.0. The Hall–Kier alpha value is -1.62. The minimum absolute atomic E-state index is 0.0637. The van der Waals surface area contributed by atoms with Gasteiger partial charge < -0.3 is 4.74 Å². The van der Waals surface area contributed by atoms with Crippen molar-refractivity contribution in [1.29, 1.82) is 0 Å². The van der Waals surface area contributed by atoms with Gasteiger partial charge in [0.15, 0.2) is 5.82 Å². The van der Waals surface area contributed by atoms with E-state index in [0.717, 1.165) is 17.0 Å². The van der Waals surface area contributed by atoms with E-state index in [0.29, 0.717) is 21.0 Å². The molecule has 2 aromatic carbocycles. The van der Waals surface area contributed by atoms with Gasteiger partial charge in [-0.2, -0.15) is 9.36 Å². The molecule has 0 spiro atoms. The van der Waals surface area contributed by atoms with E-state index in [1.54, 1.807) is 0 Å². The van der Waals surface area contributed by atoms with Gasteiger partial charge in [-0.25, -0.2) is 0 Å². The minimum atomic E-state index is 0.0637. The average molecular weight is 365 g/mol. The monoisotopic (exact) mass is 364 g/mol. The molecule has 0 amide bonds. The molecular formula is C17H14Cl2N2OS. The third-order valence-corrected chi connectivity index (χ3v) is 4.64. The molecule has 0 aliphatic heterocycles. The van der Waals surface area contributed by atoms with Crippen LogP contribution in [0.3, 0.4) is 0 Å². The smallest absolute Gasteiger partial charge is 0.298 e. The fourth-order valence-corrected chi connectivity index (χ4v) is 3.03. The van der Waals surface area contributed by atoms with Gasteiger partial charge in [0.2, 0.25) is 0 Å². The number of aromatic nitrogens is 2. The zero-order chi connectivity index (χ0) is 16.4. The topological polar surface area (TPSA) is 35.0 Å². The van der Waals surface area contributed by atoms with Crippen LogP contribution in [-0.4, -0.2) is 9.36 Å². The maximum Gasteiger partial charge on any atom is 0.298 e. The summed E-state index contributed by atoms with van der Waals surface area (Å²) < 4.78 is 10.2. The molecule has 1 unspecified atom stereocenters. The van der Waals surface area contributed by atoms with Gasteiger partial charge in [-0.15, -0.1) is 0 Å². The lowest BCUT2D eigenvalue weighted by Gasteiger charge is -2.07. The van der Waals surface area contributed by atoms with E-state index in [-0.39, 0.29) is 5.92 Å². The van der Waals surface area contributed by atoms with Crippen LogP contribution in [0.4, 0.5) is 0 Å². The summed E-state index contributed by atoms with van der Waals surface area (Å²) in [5.74, 6) is 1.37. The lowest BCUT2D eigenvalue weighted by molar-refractivity contribution is 0.476. The van der Waals surface area contributed by atoms with Crippen molar-refractivity contribution in [3.63, 3.8) is 0 Å². The zero-order valence-corrected chi connectivity index (χ0v) is 14.9. The summed E-state index contributed by atoms with van der Waals surface area (Å²) in [5, 5.41) is 1.75. The summed E-state index contributed by atoms with van der Waals surface area (Å²) in [4.78, 5) is 4.47. The molecule has 0 bridgehead atoms. The summed E-state index contributed by atoms with van der Waals surface area (Å²) in [6, 6.07) is 13.3. The van der Waals surface area contributed by atoms with E-state index < -0.39 is 0 Å². The summed E-state index contributed by atoms with van der Waals surface area (Å²) in [6.07, 6.45) is 0. The predicted octanol–water partition coefficient (Wildman–Crippen LogP) is 6.10. The molecule has 0 aliphatic rings. The van der Waals surface area contributed by atoms with Crippen LogP contribution < -0.4 is 4.74 Å². The van der Waals surface area contributed by atoms with Crippen molar-refractivity contribution in [3.05, 3.63) is 69.5 Å². The van der Waals surface area contributed by atoms with Crippen LogP contribution in [0, 0.1) is 6.92 Å². The largest absolute Gasteiger partial charge is 0.428 e.